The number of carbonyl (C=O) groups excluding carboxylic acids is 1. The second-order valence-electron chi connectivity index (χ2n) is 10.1. The van der Waals surface area contributed by atoms with Crippen LogP contribution in [0.1, 0.15) is 48.8 Å². The van der Waals surface area contributed by atoms with E-state index in [4.69, 9.17) is 9.84 Å². The van der Waals surface area contributed by atoms with E-state index in [9.17, 15) is 14.7 Å². The number of aromatic carboxylic acids is 1. The first kappa shape index (κ1) is 24.4. The molecule has 1 amide bonds. The summed E-state index contributed by atoms with van der Waals surface area (Å²) < 4.78 is 6.79. The Morgan fingerprint density at radius 3 is 2.70 bits per heavy atom. The van der Waals surface area contributed by atoms with Crippen LogP contribution in [0.25, 0.3) is 33.4 Å². The van der Waals surface area contributed by atoms with E-state index in [1.165, 1.54) is 4.68 Å². The zero-order valence-corrected chi connectivity index (χ0v) is 21.1. The number of ether oxygens (including phenoxy) is 1. The van der Waals surface area contributed by atoms with Gasteiger partial charge in [-0.2, -0.15) is 5.10 Å². The van der Waals surface area contributed by atoms with Crippen molar-refractivity contribution < 1.29 is 19.4 Å². The Hall–Kier alpha value is -4.27. The molecule has 37 heavy (non-hydrogen) atoms. The Labute approximate surface area is 214 Å². The van der Waals surface area contributed by atoms with Crippen molar-refractivity contribution in [1.29, 1.82) is 0 Å². The number of benzene rings is 1. The largest absolute Gasteiger partial charge is 0.477 e. The fourth-order valence-electron chi connectivity index (χ4n) is 4.62. The van der Waals surface area contributed by atoms with Gasteiger partial charge in [-0.15, -0.1) is 0 Å². The molecule has 0 bridgehead atoms. The molecule has 0 fully saturated rings. The summed E-state index contributed by atoms with van der Waals surface area (Å²) in [5.74, 6) is -1.01. The van der Waals surface area contributed by atoms with Gasteiger partial charge in [0.1, 0.15) is 11.3 Å². The van der Waals surface area contributed by atoms with E-state index in [0.717, 1.165) is 38.9 Å². The number of alkyl carbamates (subject to hydrolysis) is 1. The summed E-state index contributed by atoms with van der Waals surface area (Å²) in [5, 5.41) is 18.5. The molecule has 1 aliphatic carbocycles. The molecule has 9 nitrogen and oxygen atoms in total. The first-order chi connectivity index (χ1) is 17.7. The average Bonchev–Trinajstić information content (AvgIpc) is 3.24. The molecule has 1 aliphatic rings. The van der Waals surface area contributed by atoms with Crippen LogP contribution in [0.2, 0.25) is 0 Å². The maximum atomic E-state index is 12.2. The summed E-state index contributed by atoms with van der Waals surface area (Å²) in [6.07, 6.45) is 4.95. The number of fused-ring (bicyclic) bond motifs is 4. The molecule has 0 atom stereocenters. The lowest BCUT2D eigenvalue weighted by Crippen LogP contribution is -2.33. The average molecular weight is 500 g/mol. The highest BCUT2D eigenvalue weighted by atomic mass is 16.6. The first-order valence-corrected chi connectivity index (χ1v) is 12.3. The molecule has 0 spiro atoms. The molecule has 2 N–H and O–H groups in total. The Bertz CT molecular complexity index is 1500. The molecule has 3 aromatic heterocycles. The van der Waals surface area contributed by atoms with Gasteiger partial charge in [-0.1, -0.05) is 18.2 Å². The Balaban J connectivity index is 1.41. The highest BCUT2D eigenvalue weighted by Crippen LogP contribution is 2.36. The summed E-state index contributed by atoms with van der Waals surface area (Å²) in [6.45, 7) is 6.10. The van der Waals surface area contributed by atoms with Crippen LogP contribution in [-0.4, -0.2) is 49.1 Å². The number of carbonyl (C=O) groups is 2. The number of aryl methyl sites for hydroxylation is 2. The predicted molar refractivity (Wildman–Crippen MR) is 139 cm³/mol. The van der Waals surface area contributed by atoms with Gasteiger partial charge in [0.2, 0.25) is 0 Å². The van der Waals surface area contributed by atoms with Crippen LogP contribution in [0.15, 0.2) is 48.8 Å². The van der Waals surface area contributed by atoms with E-state index in [2.05, 4.69) is 21.4 Å². The molecule has 4 aromatic rings. The fraction of sp³-hybridized carbons (Fsp3) is 0.321. The van der Waals surface area contributed by atoms with Crippen molar-refractivity contribution in [2.45, 2.75) is 52.2 Å². The topological polar surface area (TPSA) is 119 Å². The van der Waals surface area contributed by atoms with Crippen LogP contribution in [0, 0.1) is 0 Å². The van der Waals surface area contributed by atoms with Crippen LogP contribution < -0.4 is 5.32 Å². The quantitative estimate of drug-likeness (QED) is 0.363. The molecule has 0 unspecified atom stereocenters. The normalized spacial score (nSPS) is 12.6. The zero-order valence-electron chi connectivity index (χ0n) is 21.1. The minimum absolute atomic E-state index is 0.198. The Morgan fingerprint density at radius 2 is 1.92 bits per heavy atom. The number of nitrogens with zero attached hydrogens (tertiary/aromatic N) is 4. The van der Waals surface area contributed by atoms with Gasteiger partial charge >= 0.3 is 12.1 Å². The van der Waals surface area contributed by atoms with Gasteiger partial charge in [0, 0.05) is 47.6 Å². The molecular formula is C28H29N5O4. The van der Waals surface area contributed by atoms with E-state index >= 15 is 0 Å². The number of carboxylic acid groups (broad SMARTS) is 1. The van der Waals surface area contributed by atoms with E-state index in [-0.39, 0.29) is 5.69 Å². The third kappa shape index (κ3) is 5.16. The van der Waals surface area contributed by atoms with Crippen molar-refractivity contribution in [2.24, 2.45) is 0 Å². The van der Waals surface area contributed by atoms with Crippen molar-refractivity contribution in [3.8, 4) is 22.5 Å². The van der Waals surface area contributed by atoms with E-state index in [1.54, 1.807) is 27.0 Å². The molecule has 0 radical (unpaired) electrons. The molecule has 9 heteroatoms. The molecule has 0 aliphatic heterocycles. The zero-order chi connectivity index (χ0) is 26.2. The van der Waals surface area contributed by atoms with Gasteiger partial charge in [-0.25, -0.2) is 9.59 Å². The number of hydrogen-bond donors (Lipinski definition) is 2. The number of pyridine rings is 2. The summed E-state index contributed by atoms with van der Waals surface area (Å²) in [5.41, 5.74) is 5.53. The number of aromatic nitrogens is 4. The van der Waals surface area contributed by atoms with E-state index in [0.29, 0.717) is 38.0 Å². The van der Waals surface area contributed by atoms with Crippen molar-refractivity contribution in [2.75, 3.05) is 6.54 Å². The Kier molecular flexibility index (Phi) is 6.37. The number of para-hydroxylation sites is 1. The van der Waals surface area contributed by atoms with Gasteiger partial charge in [0.15, 0.2) is 0 Å². The monoisotopic (exact) mass is 499 g/mol. The summed E-state index contributed by atoms with van der Waals surface area (Å²) >= 11 is 0. The molecule has 3 heterocycles. The van der Waals surface area contributed by atoms with Crippen LogP contribution in [-0.2, 0) is 24.1 Å². The molecule has 5 rings (SSSR count). The fourth-order valence-corrected chi connectivity index (χ4v) is 4.62. The van der Waals surface area contributed by atoms with Gasteiger partial charge in [-0.3, -0.25) is 14.6 Å². The lowest BCUT2D eigenvalue weighted by atomic mass is 9.89. The molecule has 1 aromatic carbocycles. The highest BCUT2D eigenvalue weighted by Gasteiger charge is 2.28. The molecular weight excluding hydrogens is 470 g/mol. The van der Waals surface area contributed by atoms with Gasteiger partial charge < -0.3 is 15.2 Å². The van der Waals surface area contributed by atoms with Crippen molar-refractivity contribution in [1.82, 2.24) is 25.1 Å². The number of rotatable bonds is 6. The number of hydrogen-bond acceptors (Lipinski definition) is 6. The Morgan fingerprint density at radius 1 is 1.11 bits per heavy atom. The second kappa shape index (κ2) is 9.65. The second-order valence-corrected chi connectivity index (χ2v) is 10.1. The first-order valence-electron chi connectivity index (χ1n) is 12.3. The van der Waals surface area contributed by atoms with E-state index in [1.807, 2.05) is 36.5 Å². The third-order valence-corrected chi connectivity index (χ3v) is 6.24. The number of nitrogens with one attached hydrogen (secondary N) is 1. The van der Waals surface area contributed by atoms with Crippen molar-refractivity contribution in [3.05, 3.63) is 65.6 Å². The maximum Gasteiger partial charge on any atom is 0.407 e. The number of amides is 1. The smallest absolute Gasteiger partial charge is 0.407 e. The summed E-state index contributed by atoms with van der Waals surface area (Å²) in [4.78, 5) is 33.3. The van der Waals surface area contributed by atoms with Crippen molar-refractivity contribution in [3.63, 3.8) is 0 Å². The van der Waals surface area contributed by atoms with Crippen molar-refractivity contribution >= 4 is 23.0 Å². The van der Waals surface area contributed by atoms with Crippen LogP contribution in [0.4, 0.5) is 4.79 Å². The van der Waals surface area contributed by atoms with Gasteiger partial charge in [0.05, 0.1) is 16.9 Å². The highest BCUT2D eigenvalue weighted by molar-refractivity contribution is 5.91. The van der Waals surface area contributed by atoms with Gasteiger partial charge in [0.25, 0.3) is 0 Å². The molecule has 0 saturated heterocycles. The van der Waals surface area contributed by atoms with Crippen LogP contribution in [0.5, 0.6) is 0 Å². The lowest BCUT2D eigenvalue weighted by molar-refractivity contribution is 0.0524. The third-order valence-electron chi connectivity index (χ3n) is 6.24. The SMILES string of the molecule is CC(C)(C)OC(=O)NCCCn1nc2c(c1C(=O)O)CCc1cnc(-c3cnc4ccccc4c3)cc1-2. The minimum Gasteiger partial charge on any atom is -0.477 e. The van der Waals surface area contributed by atoms with Gasteiger partial charge in [-0.05, 0) is 63.8 Å². The lowest BCUT2D eigenvalue weighted by Gasteiger charge is -2.19. The van der Waals surface area contributed by atoms with Crippen LogP contribution >= 0.6 is 0 Å². The molecule has 190 valence electrons. The summed E-state index contributed by atoms with van der Waals surface area (Å²) in [6, 6.07) is 11.9. The van der Waals surface area contributed by atoms with E-state index < -0.39 is 17.7 Å². The maximum absolute atomic E-state index is 12.2. The summed E-state index contributed by atoms with van der Waals surface area (Å²) in [7, 11) is 0. The standard InChI is InChI=1S/C28H29N5O4/c1-28(2,3)37-27(36)29-11-6-12-33-25(26(34)35)20-10-9-18-15-31-23(14-21(18)24(20)32-33)19-13-17-7-4-5-8-22(17)30-16-19/h4-5,7-8,13-16H,6,9-12H2,1-3H3,(H,29,36)(H,34,35). The minimum atomic E-state index is -1.01. The molecule has 0 saturated carbocycles. The van der Waals surface area contributed by atoms with Crippen LogP contribution in [0.3, 0.4) is 0 Å². The predicted octanol–water partition coefficient (Wildman–Crippen LogP) is 4.87. The number of carboxylic acids is 1.